The fourth-order valence-electron chi connectivity index (χ4n) is 8.80. The van der Waals surface area contributed by atoms with Crippen molar-refractivity contribution in [3.05, 3.63) is 0 Å². The Bertz CT molecular complexity index is 975. The minimum absolute atomic E-state index is 0.266. The van der Waals surface area contributed by atoms with Crippen molar-refractivity contribution in [3.8, 4) is 0 Å². The molecule has 8 N–H and O–H groups in total. The van der Waals surface area contributed by atoms with Crippen LogP contribution in [0.3, 0.4) is 0 Å². The number of carbonyl (C=O) groups is 1. The van der Waals surface area contributed by atoms with Crippen LogP contribution >= 0.6 is 0 Å². The van der Waals surface area contributed by atoms with E-state index in [9.17, 15) is 40.5 Å². The summed E-state index contributed by atoms with van der Waals surface area (Å²) < 4.78 is 11.1. The number of hydrogen-bond acceptors (Lipinski definition) is 10. The standard InChI is InChI=1S/C51H101NO10/c1-3-5-7-9-11-13-15-17-18-19-20-21-22-23-24-25-27-28-30-32-34-36-38-43(54)46(56)42(41-61-51-49(59)48(58)47(57)45(40-53)62-51)52-50(60)44(55)39-37-35-33-31-29-26-16-14-12-10-8-6-4-2/h42-49,51,53-59H,3-41H2,1-2H3,(H,52,60). The van der Waals surface area contributed by atoms with Crippen LogP contribution in [0.15, 0.2) is 0 Å². The number of rotatable bonds is 45. The number of unbranched alkanes of at least 4 members (excludes halogenated alkanes) is 33. The third kappa shape index (κ3) is 30.3. The van der Waals surface area contributed by atoms with Gasteiger partial charge in [0.1, 0.15) is 36.6 Å². The smallest absolute Gasteiger partial charge is 0.249 e. The van der Waals surface area contributed by atoms with Crippen LogP contribution < -0.4 is 5.32 Å². The molecule has 0 spiro atoms. The van der Waals surface area contributed by atoms with E-state index in [0.717, 1.165) is 38.5 Å². The van der Waals surface area contributed by atoms with E-state index in [0.29, 0.717) is 19.3 Å². The number of amides is 1. The molecule has 0 saturated carbocycles. The molecule has 1 saturated heterocycles. The highest BCUT2D eigenvalue weighted by Crippen LogP contribution is 2.23. The van der Waals surface area contributed by atoms with Crippen molar-refractivity contribution in [1.82, 2.24) is 5.32 Å². The summed E-state index contributed by atoms with van der Waals surface area (Å²) in [6.45, 7) is 3.47. The summed E-state index contributed by atoms with van der Waals surface area (Å²) in [5.74, 6) is -0.693. The van der Waals surface area contributed by atoms with Crippen LogP contribution in [0.25, 0.3) is 0 Å². The molecule has 1 heterocycles. The first-order valence-corrected chi connectivity index (χ1v) is 26.4. The zero-order valence-electron chi connectivity index (χ0n) is 40.1. The van der Waals surface area contributed by atoms with Crippen LogP contribution in [0.1, 0.15) is 251 Å². The van der Waals surface area contributed by atoms with Crippen LogP contribution in [0.2, 0.25) is 0 Å². The highest BCUT2D eigenvalue weighted by Gasteiger charge is 2.44. The molecule has 370 valence electrons. The first-order valence-electron chi connectivity index (χ1n) is 26.4. The summed E-state index contributed by atoms with van der Waals surface area (Å²) in [6, 6.07) is -1.16. The molecule has 0 bridgehead atoms. The van der Waals surface area contributed by atoms with Gasteiger partial charge in [-0.3, -0.25) is 4.79 Å². The predicted molar refractivity (Wildman–Crippen MR) is 252 cm³/mol. The molecular weight excluding hydrogens is 787 g/mol. The average Bonchev–Trinajstić information content (AvgIpc) is 3.27. The monoisotopic (exact) mass is 888 g/mol. The van der Waals surface area contributed by atoms with Crippen LogP contribution in [0.4, 0.5) is 0 Å². The van der Waals surface area contributed by atoms with Crippen molar-refractivity contribution >= 4 is 5.91 Å². The Morgan fingerprint density at radius 3 is 1.19 bits per heavy atom. The van der Waals surface area contributed by atoms with Crippen LogP contribution in [-0.2, 0) is 14.3 Å². The lowest BCUT2D eigenvalue weighted by Crippen LogP contribution is -2.60. The maximum atomic E-state index is 13.1. The average molecular weight is 888 g/mol. The maximum absolute atomic E-state index is 13.1. The molecule has 11 heteroatoms. The highest BCUT2D eigenvalue weighted by molar-refractivity contribution is 5.80. The van der Waals surface area contributed by atoms with Gasteiger partial charge >= 0.3 is 0 Å². The number of ether oxygens (including phenoxy) is 2. The molecule has 1 aliphatic heterocycles. The van der Waals surface area contributed by atoms with Crippen LogP contribution in [-0.4, -0.2) is 110 Å². The highest BCUT2D eigenvalue weighted by atomic mass is 16.7. The van der Waals surface area contributed by atoms with E-state index in [-0.39, 0.29) is 6.42 Å². The number of aliphatic hydroxyl groups excluding tert-OH is 7. The fraction of sp³-hybridized carbons (Fsp3) is 0.980. The minimum Gasteiger partial charge on any atom is -0.394 e. The van der Waals surface area contributed by atoms with Crippen LogP contribution in [0.5, 0.6) is 0 Å². The van der Waals surface area contributed by atoms with Crippen molar-refractivity contribution < 1.29 is 50.0 Å². The summed E-state index contributed by atoms with van der Waals surface area (Å²) >= 11 is 0. The summed E-state index contributed by atoms with van der Waals surface area (Å²) in [5, 5.41) is 75.9. The Balaban J connectivity index is 2.34. The molecule has 9 unspecified atom stereocenters. The lowest BCUT2D eigenvalue weighted by atomic mass is 9.98. The molecule has 1 fully saturated rings. The van der Waals surface area contributed by atoms with Gasteiger partial charge < -0.3 is 50.5 Å². The Hall–Kier alpha value is -0.890. The zero-order valence-corrected chi connectivity index (χ0v) is 40.1. The Morgan fingerprint density at radius 1 is 0.500 bits per heavy atom. The molecule has 11 nitrogen and oxygen atoms in total. The SMILES string of the molecule is CCCCCCCCCCCCCCCCCCCCCCCCC(O)C(O)C(COC1OC(CO)C(O)C(O)C1O)NC(=O)C(O)CCCCCCCCCCCCCCC. The van der Waals surface area contributed by atoms with Crippen molar-refractivity contribution in [3.63, 3.8) is 0 Å². The van der Waals surface area contributed by atoms with E-state index in [1.54, 1.807) is 0 Å². The second-order valence-corrected chi connectivity index (χ2v) is 19.0. The largest absolute Gasteiger partial charge is 0.394 e. The quantitative estimate of drug-likeness (QED) is 0.0273. The van der Waals surface area contributed by atoms with Crippen LogP contribution in [0, 0.1) is 0 Å². The topological polar surface area (TPSA) is 189 Å². The van der Waals surface area contributed by atoms with Gasteiger partial charge in [-0.05, 0) is 12.8 Å². The van der Waals surface area contributed by atoms with Crippen molar-refractivity contribution in [2.75, 3.05) is 13.2 Å². The maximum Gasteiger partial charge on any atom is 0.249 e. The summed E-state index contributed by atoms with van der Waals surface area (Å²) in [7, 11) is 0. The fourth-order valence-corrected chi connectivity index (χ4v) is 8.80. The Morgan fingerprint density at radius 2 is 0.839 bits per heavy atom. The summed E-state index contributed by atoms with van der Waals surface area (Å²) in [5.41, 5.74) is 0. The van der Waals surface area contributed by atoms with Gasteiger partial charge in [0, 0.05) is 0 Å². The molecule has 1 rings (SSSR count). The Kier molecular flexibility index (Phi) is 39.6. The van der Waals surface area contributed by atoms with E-state index in [1.807, 2.05) is 0 Å². The van der Waals surface area contributed by atoms with Gasteiger partial charge in [0.05, 0.1) is 25.4 Å². The molecule has 9 atom stereocenters. The van der Waals surface area contributed by atoms with E-state index >= 15 is 0 Å². The van der Waals surface area contributed by atoms with Gasteiger partial charge in [0.2, 0.25) is 5.91 Å². The van der Waals surface area contributed by atoms with Crippen molar-refractivity contribution in [1.29, 1.82) is 0 Å². The van der Waals surface area contributed by atoms with E-state index in [4.69, 9.17) is 9.47 Å². The molecule has 1 amide bonds. The van der Waals surface area contributed by atoms with Gasteiger partial charge in [0.25, 0.3) is 0 Å². The third-order valence-electron chi connectivity index (χ3n) is 13.2. The van der Waals surface area contributed by atoms with Crippen molar-refractivity contribution in [2.45, 2.75) is 306 Å². The number of carbonyl (C=O) groups excluding carboxylic acids is 1. The Labute approximate surface area is 379 Å². The summed E-state index contributed by atoms with van der Waals surface area (Å²) in [4.78, 5) is 13.1. The minimum atomic E-state index is -1.66. The molecule has 0 aliphatic carbocycles. The van der Waals surface area contributed by atoms with E-state index in [2.05, 4.69) is 19.2 Å². The lowest BCUT2D eigenvalue weighted by Gasteiger charge is -2.40. The van der Waals surface area contributed by atoms with E-state index < -0.39 is 74.2 Å². The number of nitrogens with one attached hydrogen (secondary N) is 1. The normalized spacial score (nSPS) is 21.2. The molecule has 0 radical (unpaired) electrons. The zero-order chi connectivity index (χ0) is 45.5. The second kappa shape index (κ2) is 41.5. The van der Waals surface area contributed by atoms with E-state index in [1.165, 1.54) is 173 Å². The van der Waals surface area contributed by atoms with Crippen molar-refractivity contribution in [2.24, 2.45) is 0 Å². The van der Waals surface area contributed by atoms with Gasteiger partial charge in [0.15, 0.2) is 6.29 Å². The first-order chi connectivity index (χ1) is 30.2. The predicted octanol–water partition coefficient (Wildman–Crippen LogP) is 9.84. The van der Waals surface area contributed by atoms with Gasteiger partial charge in [-0.2, -0.15) is 0 Å². The lowest BCUT2D eigenvalue weighted by molar-refractivity contribution is -0.303. The summed E-state index contributed by atoms with van der Waals surface area (Å²) in [6.07, 6.45) is 32.9. The second-order valence-electron chi connectivity index (χ2n) is 19.0. The van der Waals surface area contributed by atoms with Gasteiger partial charge in [-0.25, -0.2) is 0 Å². The third-order valence-corrected chi connectivity index (χ3v) is 13.2. The van der Waals surface area contributed by atoms with Gasteiger partial charge in [-0.15, -0.1) is 0 Å². The molecule has 0 aromatic heterocycles. The first kappa shape index (κ1) is 59.1. The molecule has 62 heavy (non-hydrogen) atoms. The van der Waals surface area contributed by atoms with Gasteiger partial charge in [-0.1, -0.05) is 239 Å². The number of hydrogen-bond donors (Lipinski definition) is 8. The molecular formula is C51H101NO10. The number of aliphatic hydroxyl groups is 7. The molecule has 1 aliphatic rings. The molecule has 0 aromatic rings. The molecule has 0 aromatic carbocycles.